The van der Waals surface area contributed by atoms with Gasteiger partial charge >= 0.3 is 10.1 Å². The summed E-state index contributed by atoms with van der Waals surface area (Å²) >= 11 is 12.6. The van der Waals surface area contributed by atoms with Crippen LogP contribution >= 0.6 is 23.2 Å². The van der Waals surface area contributed by atoms with Crippen LogP contribution in [-0.4, -0.2) is 26.6 Å². The zero-order valence-corrected chi connectivity index (χ0v) is 25.9. The number of benzene rings is 2. The van der Waals surface area contributed by atoms with E-state index in [0.717, 1.165) is 0 Å². The molecule has 0 saturated heterocycles. The maximum Gasteiger partial charge on any atom is 0.339 e. The second-order valence-electron chi connectivity index (χ2n) is 12.3. The van der Waals surface area contributed by atoms with Crippen LogP contribution in [0.25, 0.3) is 0 Å². The Labute approximate surface area is 250 Å². The van der Waals surface area contributed by atoms with Gasteiger partial charge in [-0.3, -0.25) is 9.59 Å². The molecule has 0 bridgehead atoms. The van der Waals surface area contributed by atoms with Crippen molar-refractivity contribution in [3.8, 4) is 11.5 Å². The Morgan fingerprint density at radius 2 is 1.41 bits per heavy atom. The van der Waals surface area contributed by atoms with Crippen LogP contribution < -0.4 is 8.92 Å². The van der Waals surface area contributed by atoms with Gasteiger partial charge in [0.15, 0.2) is 17.3 Å². The summed E-state index contributed by atoms with van der Waals surface area (Å²) in [7, 11) is -4.28. The highest BCUT2D eigenvalue weighted by atomic mass is 35.5. The molecule has 0 unspecified atom stereocenters. The van der Waals surface area contributed by atoms with E-state index < -0.39 is 16.0 Å². The molecule has 5 rings (SSSR count). The normalized spacial score (nSPS) is 20.4. The van der Waals surface area contributed by atoms with Crippen molar-refractivity contribution in [2.24, 2.45) is 10.8 Å². The van der Waals surface area contributed by atoms with Gasteiger partial charge < -0.3 is 13.7 Å². The lowest BCUT2D eigenvalue weighted by Crippen LogP contribution is -2.37. The fraction of sp³-hybridized carbons (Fsp3) is 0.419. The molecule has 41 heavy (non-hydrogen) atoms. The van der Waals surface area contributed by atoms with Gasteiger partial charge in [-0.1, -0.05) is 50.9 Å². The Morgan fingerprint density at radius 1 is 0.878 bits per heavy atom. The van der Waals surface area contributed by atoms with Crippen molar-refractivity contribution in [1.29, 1.82) is 0 Å². The summed E-state index contributed by atoms with van der Waals surface area (Å²) < 4.78 is 43.8. The van der Waals surface area contributed by atoms with Gasteiger partial charge in [-0.15, -0.1) is 0 Å². The summed E-state index contributed by atoms with van der Waals surface area (Å²) in [4.78, 5) is 27.1. The van der Waals surface area contributed by atoms with Crippen molar-refractivity contribution < 1.29 is 31.7 Å². The second kappa shape index (κ2) is 10.5. The molecule has 2 aliphatic carbocycles. The number of ether oxygens (including phenoxy) is 2. The van der Waals surface area contributed by atoms with Crippen molar-refractivity contribution in [2.45, 2.75) is 71.1 Å². The molecule has 0 aromatic heterocycles. The van der Waals surface area contributed by atoms with E-state index in [2.05, 4.69) is 0 Å². The van der Waals surface area contributed by atoms with Crippen LogP contribution in [0, 0.1) is 10.8 Å². The first kappa shape index (κ1) is 29.7. The fourth-order valence-electron chi connectivity index (χ4n) is 5.87. The predicted octanol–water partition coefficient (Wildman–Crippen LogP) is 7.56. The lowest BCUT2D eigenvalue weighted by atomic mass is 9.65. The van der Waals surface area contributed by atoms with Gasteiger partial charge in [-0.2, -0.15) is 8.42 Å². The van der Waals surface area contributed by atoms with Crippen molar-refractivity contribution in [1.82, 2.24) is 0 Å². The highest BCUT2D eigenvalue weighted by molar-refractivity contribution is 7.87. The lowest BCUT2D eigenvalue weighted by Gasteiger charge is -2.42. The average Bonchev–Trinajstić information content (AvgIpc) is 2.83. The molecule has 0 amide bonds. The minimum absolute atomic E-state index is 0.0357. The molecule has 0 atom stereocenters. The van der Waals surface area contributed by atoms with Gasteiger partial charge in [0.2, 0.25) is 5.75 Å². The largest absolute Gasteiger partial charge is 0.490 e. The monoisotopic (exact) mass is 618 g/mol. The average molecular weight is 620 g/mol. The van der Waals surface area contributed by atoms with E-state index in [-0.39, 0.29) is 50.4 Å². The summed E-state index contributed by atoms with van der Waals surface area (Å²) in [6.45, 7) is 10.0. The SMILES string of the molecule is CCOc1cc(C2C3=C(CC(C)(C)CC3=O)OC3=C2C(=O)CC(C)(C)C3)cc(Cl)c1OS(=O)(=O)c1ccc(Cl)cc1. The van der Waals surface area contributed by atoms with Crippen LogP contribution in [0.15, 0.2) is 64.0 Å². The maximum atomic E-state index is 13.6. The van der Waals surface area contributed by atoms with E-state index >= 15 is 0 Å². The molecule has 1 heterocycles. The molecule has 2 aromatic carbocycles. The second-order valence-corrected chi connectivity index (χ2v) is 14.7. The number of ketones is 2. The third-order valence-corrected chi connectivity index (χ3v) is 9.31. The molecule has 0 radical (unpaired) electrons. The molecule has 1 aliphatic heterocycles. The number of rotatable bonds is 6. The Morgan fingerprint density at radius 3 is 1.93 bits per heavy atom. The van der Waals surface area contributed by atoms with Gasteiger partial charge in [0.25, 0.3) is 0 Å². The van der Waals surface area contributed by atoms with E-state index in [1.807, 2.05) is 27.7 Å². The molecule has 218 valence electrons. The highest BCUT2D eigenvalue weighted by Crippen LogP contribution is 2.54. The minimum atomic E-state index is -4.28. The number of hydrogen-bond acceptors (Lipinski definition) is 7. The molecule has 0 spiro atoms. The van der Waals surface area contributed by atoms with Gasteiger partial charge in [0.1, 0.15) is 16.4 Å². The van der Waals surface area contributed by atoms with Gasteiger partial charge in [-0.25, -0.2) is 0 Å². The summed E-state index contributed by atoms with van der Waals surface area (Å²) in [6, 6.07) is 8.69. The van der Waals surface area contributed by atoms with Crippen LogP contribution in [0.3, 0.4) is 0 Å². The zero-order valence-electron chi connectivity index (χ0n) is 23.6. The first-order valence-electron chi connectivity index (χ1n) is 13.5. The Kier molecular flexibility index (Phi) is 7.58. The zero-order chi connectivity index (χ0) is 29.9. The Hall–Kier alpha value is -2.81. The van der Waals surface area contributed by atoms with Crippen LogP contribution in [0.2, 0.25) is 10.0 Å². The van der Waals surface area contributed by atoms with Crippen molar-refractivity contribution in [2.75, 3.05) is 6.61 Å². The van der Waals surface area contributed by atoms with Crippen LogP contribution in [-0.2, 0) is 24.4 Å². The molecule has 7 nitrogen and oxygen atoms in total. The molecule has 2 aromatic rings. The van der Waals surface area contributed by atoms with E-state index in [1.54, 1.807) is 19.1 Å². The highest BCUT2D eigenvalue weighted by Gasteiger charge is 2.48. The summed E-state index contributed by atoms with van der Waals surface area (Å²) in [5, 5.41) is 0.341. The summed E-state index contributed by atoms with van der Waals surface area (Å²) in [5.41, 5.74) is 0.816. The smallest absolute Gasteiger partial charge is 0.339 e. The van der Waals surface area contributed by atoms with E-state index in [0.29, 0.717) is 58.9 Å². The predicted molar refractivity (Wildman–Crippen MR) is 156 cm³/mol. The molecule has 0 saturated carbocycles. The molecule has 0 N–H and O–H groups in total. The first-order valence-corrected chi connectivity index (χ1v) is 15.6. The summed E-state index contributed by atoms with van der Waals surface area (Å²) in [5.74, 6) is 0.126. The number of carbonyl (C=O) groups excluding carboxylic acids is 2. The molecular weight excluding hydrogens is 587 g/mol. The number of hydrogen-bond donors (Lipinski definition) is 0. The quantitative estimate of drug-likeness (QED) is 0.308. The lowest BCUT2D eigenvalue weighted by molar-refractivity contribution is -0.120. The van der Waals surface area contributed by atoms with Crippen LogP contribution in [0.1, 0.15) is 71.8 Å². The third kappa shape index (κ3) is 5.79. The Balaban J connectivity index is 1.65. The van der Waals surface area contributed by atoms with E-state index in [9.17, 15) is 18.0 Å². The number of carbonyl (C=O) groups is 2. The molecular formula is C31H32Cl2O7S. The van der Waals surface area contributed by atoms with Crippen molar-refractivity contribution >= 4 is 44.9 Å². The fourth-order valence-corrected chi connectivity index (χ4v) is 7.25. The third-order valence-electron chi connectivity index (χ3n) is 7.54. The number of halogens is 2. The van der Waals surface area contributed by atoms with Gasteiger partial charge in [-0.05, 0) is 59.7 Å². The maximum absolute atomic E-state index is 13.6. The van der Waals surface area contributed by atoms with Crippen molar-refractivity contribution in [3.63, 3.8) is 0 Å². The molecule has 0 fully saturated rings. The topological polar surface area (TPSA) is 96.0 Å². The van der Waals surface area contributed by atoms with Crippen LogP contribution in [0.4, 0.5) is 0 Å². The van der Waals surface area contributed by atoms with Crippen LogP contribution in [0.5, 0.6) is 11.5 Å². The number of allylic oxidation sites excluding steroid dienone is 4. The summed E-state index contributed by atoms with van der Waals surface area (Å²) in [6.07, 6.45) is 1.70. The first-order chi connectivity index (χ1) is 19.1. The number of Topliss-reactive ketones (excluding diaryl/α,β-unsaturated/α-hetero) is 2. The Bertz CT molecular complexity index is 1560. The minimum Gasteiger partial charge on any atom is -0.490 e. The standard InChI is InChI=1S/C31H32Cl2O7S/c1-6-38-23-12-17(11-20(33)29(23)40-41(36,37)19-9-7-18(32)8-10-19)26-27-21(34)13-30(2,3)15-24(27)39-25-16-31(4,5)14-22(35)28(25)26/h7-12,26H,6,13-16H2,1-5H3. The van der Waals surface area contributed by atoms with Crippen molar-refractivity contribution in [3.05, 3.63) is 74.7 Å². The van der Waals surface area contributed by atoms with Gasteiger partial charge in [0, 0.05) is 47.8 Å². The van der Waals surface area contributed by atoms with E-state index in [4.69, 9.17) is 36.9 Å². The van der Waals surface area contributed by atoms with Gasteiger partial charge in [0.05, 0.1) is 11.6 Å². The van der Waals surface area contributed by atoms with E-state index in [1.165, 1.54) is 24.3 Å². The molecule has 10 heteroatoms. The molecule has 3 aliphatic rings.